The van der Waals surface area contributed by atoms with Gasteiger partial charge in [-0.2, -0.15) is 0 Å². The molecule has 1 atom stereocenters. The van der Waals surface area contributed by atoms with Crippen LogP contribution in [-0.4, -0.2) is 13.7 Å². The Morgan fingerprint density at radius 3 is 2.36 bits per heavy atom. The average Bonchev–Trinajstić information content (AvgIpc) is 2.03. The molecule has 70 valence electrons. The van der Waals surface area contributed by atoms with Gasteiger partial charge in [0.1, 0.15) is 0 Å². The van der Waals surface area contributed by atoms with Crippen LogP contribution in [0.4, 0.5) is 5.69 Å². The molecule has 0 aliphatic rings. The summed E-state index contributed by atoms with van der Waals surface area (Å²) in [4.78, 5) is 9.55. The van der Waals surface area contributed by atoms with Gasteiger partial charge in [-0.1, -0.05) is 15.9 Å². The molecule has 0 aliphatic heterocycles. The van der Waals surface area contributed by atoms with Crippen molar-refractivity contribution in [2.75, 3.05) is 0 Å². The summed E-state index contributed by atoms with van der Waals surface area (Å²) in [6.07, 6.45) is 0. The number of non-ortho nitro benzene ring substituents is 1. The predicted octanol–water partition coefficient (Wildman–Crippen LogP) is -1.40. The Labute approximate surface area is 113 Å². The van der Waals surface area contributed by atoms with Crippen LogP contribution < -0.4 is 29.6 Å². The molecule has 0 radical (unpaired) electrons. The molecule has 0 fully saturated rings. The van der Waals surface area contributed by atoms with E-state index in [2.05, 4.69) is 15.9 Å². The standard InChI is InChI=1S/C6H4BrNO4S.Na/c7-4-1-5(8(9)10)3-6(2-4)13(11)12;/h1-3H,(H,11,12);/q;+1/p-1. The monoisotopic (exact) mass is 287 g/mol. The summed E-state index contributed by atoms with van der Waals surface area (Å²) in [5.41, 5.74) is -0.256. The molecular formula is C6H3BrNNaO4S. The van der Waals surface area contributed by atoms with Crippen molar-refractivity contribution < 1.29 is 43.2 Å². The van der Waals surface area contributed by atoms with E-state index in [1.807, 2.05) is 0 Å². The van der Waals surface area contributed by atoms with Gasteiger partial charge in [0.2, 0.25) is 0 Å². The van der Waals surface area contributed by atoms with Crippen LogP contribution in [0.2, 0.25) is 0 Å². The fraction of sp³-hybridized carbons (Fsp3) is 0. The van der Waals surface area contributed by atoms with Gasteiger partial charge in [0, 0.05) is 21.5 Å². The summed E-state index contributed by atoms with van der Waals surface area (Å²) >= 11 is 0.521. The fourth-order valence-electron chi connectivity index (χ4n) is 0.750. The Morgan fingerprint density at radius 1 is 1.36 bits per heavy atom. The van der Waals surface area contributed by atoms with Gasteiger partial charge in [0.15, 0.2) is 0 Å². The van der Waals surface area contributed by atoms with E-state index in [0.29, 0.717) is 4.47 Å². The van der Waals surface area contributed by atoms with Crippen LogP contribution in [0.1, 0.15) is 0 Å². The molecule has 1 unspecified atom stereocenters. The van der Waals surface area contributed by atoms with E-state index in [4.69, 9.17) is 0 Å². The zero-order valence-corrected chi connectivity index (χ0v) is 11.5. The number of benzene rings is 1. The largest absolute Gasteiger partial charge is 1.00 e. The summed E-state index contributed by atoms with van der Waals surface area (Å²) in [6.45, 7) is 0. The van der Waals surface area contributed by atoms with Crippen LogP contribution in [0, 0.1) is 10.1 Å². The Morgan fingerprint density at radius 2 is 1.93 bits per heavy atom. The summed E-state index contributed by atoms with van der Waals surface area (Å²) in [5, 5.41) is 10.3. The molecule has 1 aromatic rings. The minimum atomic E-state index is -2.45. The molecule has 5 nitrogen and oxygen atoms in total. The van der Waals surface area contributed by atoms with E-state index in [-0.39, 0.29) is 40.1 Å². The van der Waals surface area contributed by atoms with Gasteiger partial charge in [-0.05, 0) is 17.1 Å². The van der Waals surface area contributed by atoms with E-state index in [9.17, 15) is 18.9 Å². The second kappa shape index (κ2) is 5.94. The van der Waals surface area contributed by atoms with Crippen LogP contribution in [0.5, 0.6) is 0 Å². The third-order valence-corrected chi connectivity index (χ3v) is 2.34. The van der Waals surface area contributed by atoms with E-state index in [1.165, 1.54) is 12.1 Å². The molecule has 1 aromatic carbocycles. The van der Waals surface area contributed by atoms with Crippen molar-refractivity contribution in [3.63, 3.8) is 0 Å². The molecule has 0 aromatic heterocycles. The average molecular weight is 288 g/mol. The fourth-order valence-corrected chi connectivity index (χ4v) is 1.82. The first-order valence-corrected chi connectivity index (χ1v) is 4.92. The number of halogens is 1. The number of nitro benzene ring substituents is 1. The van der Waals surface area contributed by atoms with Crippen molar-refractivity contribution in [2.45, 2.75) is 4.90 Å². The first kappa shape index (κ1) is 14.2. The quantitative estimate of drug-likeness (QED) is 0.290. The van der Waals surface area contributed by atoms with Crippen molar-refractivity contribution in [2.24, 2.45) is 0 Å². The van der Waals surface area contributed by atoms with Gasteiger partial charge < -0.3 is 4.55 Å². The molecular weight excluding hydrogens is 285 g/mol. The second-order valence-electron chi connectivity index (χ2n) is 2.14. The maximum Gasteiger partial charge on any atom is 1.00 e. The number of nitro groups is 1. The molecule has 0 saturated carbocycles. The maximum atomic E-state index is 10.5. The van der Waals surface area contributed by atoms with Crippen LogP contribution >= 0.6 is 15.9 Å². The first-order chi connectivity index (χ1) is 6.00. The molecule has 0 bridgehead atoms. The molecule has 14 heavy (non-hydrogen) atoms. The summed E-state index contributed by atoms with van der Waals surface area (Å²) in [7, 11) is 0. The van der Waals surface area contributed by atoms with Gasteiger partial charge in [0.25, 0.3) is 5.69 Å². The smallest absolute Gasteiger partial charge is 0.768 e. The zero-order valence-electron chi connectivity index (χ0n) is 7.10. The first-order valence-electron chi connectivity index (χ1n) is 3.05. The Bertz CT molecular complexity index is 354. The summed E-state index contributed by atoms with van der Waals surface area (Å²) in [6, 6.07) is 3.51. The molecule has 1 rings (SSSR count). The van der Waals surface area contributed by atoms with Crippen LogP contribution in [0.25, 0.3) is 0 Å². The van der Waals surface area contributed by atoms with Gasteiger partial charge in [-0.25, -0.2) is 0 Å². The zero-order chi connectivity index (χ0) is 10.0. The van der Waals surface area contributed by atoms with E-state index in [1.54, 1.807) is 0 Å². The van der Waals surface area contributed by atoms with Crippen molar-refractivity contribution >= 4 is 32.7 Å². The Kier molecular flexibility index (Phi) is 6.03. The number of nitrogens with zero attached hydrogens (tertiary/aromatic N) is 1. The topological polar surface area (TPSA) is 83.3 Å². The van der Waals surface area contributed by atoms with E-state index < -0.39 is 16.0 Å². The minimum absolute atomic E-state index is 0. The van der Waals surface area contributed by atoms with Crippen molar-refractivity contribution in [3.05, 3.63) is 32.8 Å². The van der Waals surface area contributed by atoms with Crippen LogP contribution in [-0.2, 0) is 11.1 Å². The van der Waals surface area contributed by atoms with Gasteiger partial charge >= 0.3 is 29.6 Å². The molecule has 0 saturated heterocycles. The molecule has 0 amide bonds. The molecule has 0 aliphatic carbocycles. The molecule has 0 spiro atoms. The summed E-state index contributed by atoms with van der Waals surface area (Å²) < 4.78 is 21.3. The minimum Gasteiger partial charge on any atom is -0.768 e. The van der Waals surface area contributed by atoms with Crippen molar-refractivity contribution in [1.82, 2.24) is 0 Å². The Hall–Kier alpha value is 0.210. The van der Waals surface area contributed by atoms with Crippen LogP contribution in [0.15, 0.2) is 27.6 Å². The van der Waals surface area contributed by atoms with Crippen LogP contribution in [0.3, 0.4) is 0 Å². The SMILES string of the molecule is O=[N+]([O-])c1cc(Br)cc(S(=O)[O-])c1.[Na+]. The van der Waals surface area contributed by atoms with Crippen molar-refractivity contribution in [1.29, 1.82) is 0 Å². The number of rotatable bonds is 2. The van der Waals surface area contributed by atoms with Crippen molar-refractivity contribution in [3.8, 4) is 0 Å². The Balaban J connectivity index is 0.00000169. The molecule has 0 N–H and O–H groups in total. The molecule has 8 heteroatoms. The third kappa shape index (κ3) is 3.76. The van der Waals surface area contributed by atoms with E-state index >= 15 is 0 Å². The normalized spacial score (nSPS) is 11.6. The predicted molar refractivity (Wildman–Crippen MR) is 48.0 cm³/mol. The summed E-state index contributed by atoms with van der Waals surface area (Å²) in [5.74, 6) is 0. The second-order valence-corrected chi connectivity index (χ2v) is 3.99. The van der Waals surface area contributed by atoms with Gasteiger partial charge in [0.05, 0.1) is 4.92 Å². The third-order valence-electron chi connectivity index (χ3n) is 1.26. The molecule has 0 heterocycles. The maximum absolute atomic E-state index is 10.5. The number of hydrogen-bond acceptors (Lipinski definition) is 4. The number of hydrogen-bond donors (Lipinski definition) is 0. The van der Waals surface area contributed by atoms with Gasteiger partial charge in [-0.3, -0.25) is 14.3 Å². The van der Waals surface area contributed by atoms with E-state index in [0.717, 1.165) is 6.07 Å². The van der Waals surface area contributed by atoms with Gasteiger partial charge in [-0.15, -0.1) is 0 Å².